The lowest BCUT2D eigenvalue weighted by atomic mass is 10.1. The van der Waals surface area contributed by atoms with E-state index in [1.807, 2.05) is 0 Å². The van der Waals surface area contributed by atoms with E-state index in [9.17, 15) is 24.6 Å². The van der Waals surface area contributed by atoms with Crippen molar-refractivity contribution in [3.8, 4) is 11.5 Å². The molecule has 5 N–H and O–H groups in total. The van der Waals surface area contributed by atoms with Gasteiger partial charge in [0, 0.05) is 6.20 Å². The molecule has 0 radical (unpaired) electrons. The van der Waals surface area contributed by atoms with Crippen LogP contribution in [0.5, 0.6) is 11.5 Å². The molecule has 2 rings (SSSR count). The third-order valence-corrected chi connectivity index (χ3v) is 2.82. The number of phenols is 2. The molecule has 0 saturated carbocycles. The Morgan fingerprint density at radius 1 is 0.957 bits per heavy atom. The third kappa shape index (κ3) is 3.35. The van der Waals surface area contributed by atoms with E-state index in [1.54, 1.807) is 0 Å². The topological polar surface area (TPSA) is 157 Å². The monoisotopic (exact) mass is 318 g/mol. The van der Waals surface area contributed by atoms with Crippen LogP contribution in [0.4, 0.5) is 5.82 Å². The number of nitrogens with one attached hydrogen (secondary N) is 1. The summed E-state index contributed by atoms with van der Waals surface area (Å²) in [6.07, 6.45) is 1.02. The first-order valence-electron chi connectivity index (χ1n) is 6.09. The van der Waals surface area contributed by atoms with Crippen LogP contribution in [-0.2, 0) is 0 Å². The predicted molar refractivity (Wildman–Crippen MR) is 75.9 cm³/mol. The number of aromatic carboxylic acids is 2. The summed E-state index contributed by atoms with van der Waals surface area (Å²) >= 11 is 0. The van der Waals surface area contributed by atoms with Crippen molar-refractivity contribution >= 4 is 23.7 Å². The zero-order valence-electron chi connectivity index (χ0n) is 11.3. The number of carboxylic acids is 2. The molecule has 118 valence electrons. The van der Waals surface area contributed by atoms with Gasteiger partial charge in [0.05, 0.1) is 11.1 Å². The minimum atomic E-state index is -1.52. The molecule has 1 aromatic carbocycles. The highest BCUT2D eigenvalue weighted by Crippen LogP contribution is 2.28. The fourth-order valence-corrected chi connectivity index (χ4v) is 1.73. The molecule has 0 bridgehead atoms. The maximum absolute atomic E-state index is 12.0. The number of hydrogen-bond acceptors (Lipinski definition) is 6. The number of aromatic hydroxyl groups is 2. The minimum Gasteiger partial charge on any atom is -0.508 e. The van der Waals surface area contributed by atoms with Gasteiger partial charge in [-0.15, -0.1) is 0 Å². The van der Waals surface area contributed by atoms with Gasteiger partial charge in [-0.3, -0.25) is 4.79 Å². The average molecular weight is 318 g/mol. The maximum atomic E-state index is 12.0. The zero-order valence-corrected chi connectivity index (χ0v) is 11.3. The molecule has 0 spiro atoms. The summed E-state index contributed by atoms with van der Waals surface area (Å²) in [6, 6.07) is 4.12. The molecule has 1 amide bonds. The second kappa shape index (κ2) is 6.02. The Morgan fingerprint density at radius 3 is 2.13 bits per heavy atom. The maximum Gasteiger partial charge on any atom is 0.339 e. The Bertz CT molecular complexity index is 800. The van der Waals surface area contributed by atoms with Crippen molar-refractivity contribution in [2.75, 3.05) is 5.32 Å². The molecule has 1 heterocycles. The SMILES string of the molecule is O=C(O)c1ccc(NC(=O)c2cc(O)cc(C(=O)O)c2O)nc1. The number of nitrogens with zero attached hydrogens (tertiary/aromatic N) is 1. The van der Waals surface area contributed by atoms with Crippen molar-refractivity contribution in [2.45, 2.75) is 0 Å². The molecule has 0 aliphatic heterocycles. The quantitative estimate of drug-likeness (QED) is 0.525. The van der Waals surface area contributed by atoms with Gasteiger partial charge in [-0.05, 0) is 24.3 Å². The second-order valence-electron chi connectivity index (χ2n) is 4.39. The van der Waals surface area contributed by atoms with Crippen molar-refractivity contribution in [1.82, 2.24) is 4.98 Å². The smallest absolute Gasteiger partial charge is 0.339 e. The van der Waals surface area contributed by atoms with Crippen LogP contribution in [0, 0.1) is 0 Å². The number of benzene rings is 1. The van der Waals surface area contributed by atoms with Crippen molar-refractivity contribution in [3.05, 3.63) is 47.2 Å². The second-order valence-corrected chi connectivity index (χ2v) is 4.39. The molecule has 9 heteroatoms. The van der Waals surface area contributed by atoms with E-state index in [-0.39, 0.29) is 11.4 Å². The minimum absolute atomic E-state index is 0.0142. The number of hydrogen-bond donors (Lipinski definition) is 5. The van der Waals surface area contributed by atoms with Gasteiger partial charge in [-0.1, -0.05) is 0 Å². The Balaban J connectivity index is 2.30. The standard InChI is InChI=1S/C14H10N2O7/c17-7-3-8(11(18)9(4-7)14(22)23)12(19)16-10-2-1-6(5-15-10)13(20)21/h1-5,17-18H,(H,20,21)(H,22,23)(H,15,16,19). The normalized spacial score (nSPS) is 10.1. The Morgan fingerprint density at radius 2 is 1.61 bits per heavy atom. The molecular formula is C14H10N2O7. The summed E-state index contributed by atoms with van der Waals surface area (Å²) in [5.41, 5.74) is -1.19. The van der Waals surface area contributed by atoms with Crippen molar-refractivity contribution < 1.29 is 34.8 Å². The van der Waals surface area contributed by atoms with E-state index >= 15 is 0 Å². The molecule has 0 unspecified atom stereocenters. The number of amides is 1. The molecule has 9 nitrogen and oxygen atoms in total. The Hall–Kier alpha value is -3.62. The summed E-state index contributed by atoms with van der Waals surface area (Å²) in [4.78, 5) is 37.4. The number of carbonyl (C=O) groups excluding carboxylic acids is 1. The van der Waals surface area contributed by atoms with Crippen LogP contribution < -0.4 is 5.32 Å². The lowest BCUT2D eigenvalue weighted by molar-refractivity contribution is 0.0683. The number of pyridine rings is 1. The molecule has 23 heavy (non-hydrogen) atoms. The van der Waals surface area contributed by atoms with E-state index in [0.717, 1.165) is 18.3 Å². The van der Waals surface area contributed by atoms with Crippen molar-refractivity contribution in [3.63, 3.8) is 0 Å². The van der Waals surface area contributed by atoms with Gasteiger partial charge in [0.2, 0.25) is 0 Å². The Labute approximate surface area is 128 Å². The van der Waals surface area contributed by atoms with Crippen LogP contribution in [0.15, 0.2) is 30.5 Å². The van der Waals surface area contributed by atoms with E-state index in [2.05, 4.69) is 10.3 Å². The summed E-state index contributed by atoms with van der Waals surface area (Å²) in [5, 5.41) is 39.1. The van der Waals surface area contributed by atoms with Gasteiger partial charge in [0.1, 0.15) is 22.9 Å². The highest BCUT2D eigenvalue weighted by Gasteiger charge is 2.20. The van der Waals surface area contributed by atoms with Crippen LogP contribution in [0.2, 0.25) is 0 Å². The summed E-state index contributed by atoms with van der Waals surface area (Å²) in [7, 11) is 0. The van der Waals surface area contributed by atoms with Gasteiger partial charge in [0.25, 0.3) is 5.91 Å². The van der Waals surface area contributed by atoms with Gasteiger partial charge in [-0.2, -0.15) is 0 Å². The highest BCUT2D eigenvalue weighted by molar-refractivity contribution is 6.08. The Kier molecular flexibility index (Phi) is 4.12. The molecule has 2 aromatic rings. The lowest BCUT2D eigenvalue weighted by Gasteiger charge is -2.09. The van der Waals surface area contributed by atoms with Gasteiger partial charge < -0.3 is 25.7 Å². The van der Waals surface area contributed by atoms with Crippen LogP contribution in [0.1, 0.15) is 31.1 Å². The van der Waals surface area contributed by atoms with E-state index in [4.69, 9.17) is 10.2 Å². The summed E-state index contributed by atoms with van der Waals surface area (Å²) < 4.78 is 0. The first kappa shape index (κ1) is 15.8. The van der Waals surface area contributed by atoms with Crippen LogP contribution in [0.3, 0.4) is 0 Å². The lowest BCUT2D eigenvalue weighted by Crippen LogP contribution is -2.14. The van der Waals surface area contributed by atoms with Crippen molar-refractivity contribution in [1.29, 1.82) is 0 Å². The average Bonchev–Trinajstić information content (AvgIpc) is 2.49. The molecule has 0 fully saturated rings. The third-order valence-electron chi connectivity index (χ3n) is 2.82. The van der Waals surface area contributed by atoms with E-state index in [1.165, 1.54) is 12.1 Å². The number of anilines is 1. The molecular weight excluding hydrogens is 308 g/mol. The fourth-order valence-electron chi connectivity index (χ4n) is 1.73. The number of carboxylic acid groups (broad SMARTS) is 2. The van der Waals surface area contributed by atoms with E-state index < -0.39 is 40.5 Å². The van der Waals surface area contributed by atoms with Crippen LogP contribution >= 0.6 is 0 Å². The molecule has 0 saturated heterocycles. The summed E-state index contributed by atoms with van der Waals surface area (Å²) in [5.74, 6) is -4.96. The molecule has 0 aliphatic rings. The number of carbonyl (C=O) groups is 3. The zero-order chi connectivity index (χ0) is 17.1. The van der Waals surface area contributed by atoms with Gasteiger partial charge in [0.15, 0.2) is 0 Å². The number of aromatic nitrogens is 1. The van der Waals surface area contributed by atoms with E-state index in [0.29, 0.717) is 0 Å². The molecule has 0 aliphatic carbocycles. The molecule has 0 atom stereocenters. The summed E-state index contributed by atoms with van der Waals surface area (Å²) in [6.45, 7) is 0. The molecule has 1 aromatic heterocycles. The first-order chi connectivity index (χ1) is 10.8. The highest BCUT2D eigenvalue weighted by atomic mass is 16.4. The largest absolute Gasteiger partial charge is 0.508 e. The van der Waals surface area contributed by atoms with Gasteiger partial charge >= 0.3 is 11.9 Å². The predicted octanol–water partition coefficient (Wildman–Crippen LogP) is 1.14. The fraction of sp³-hybridized carbons (Fsp3) is 0. The van der Waals surface area contributed by atoms with Crippen LogP contribution in [-0.4, -0.2) is 43.3 Å². The first-order valence-corrected chi connectivity index (χ1v) is 6.09. The van der Waals surface area contributed by atoms with Crippen molar-refractivity contribution in [2.24, 2.45) is 0 Å². The number of rotatable bonds is 4. The van der Waals surface area contributed by atoms with Gasteiger partial charge in [-0.25, -0.2) is 14.6 Å². The van der Waals surface area contributed by atoms with Crippen LogP contribution in [0.25, 0.3) is 0 Å². The number of phenolic OH excluding ortho intramolecular Hbond substituents is 1.